The number of anilines is 1. The van der Waals surface area contributed by atoms with E-state index in [4.69, 9.17) is 9.26 Å². The highest BCUT2D eigenvalue weighted by Crippen LogP contribution is 2.15. The number of aromatic nitrogens is 3. The SMILES string of the molecule is COCCc1noc(-c2ccc(=O)n(CC(=O)Nc3ccc(C)cc3)c2)n1. The second-order valence-corrected chi connectivity index (χ2v) is 6.06. The number of benzene rings is 1. The second-order valence-electron chi connectivity index (χ2n) is 6.06. The average Bonchev–Trinajstić information content (AvgIpc) is 3.12. The first kappa shape index (κ1) is 18.5. The van der Waals surface area contributed by atoms with E-state index in [1.165, 1.54) is 16.8 Å². The molecule has 0 radical (unpaired) electrons. The first-order valence-corrected chi connectivity index (χ1v) is 8.44. The van der Waals surface area contributed by atoms with E-state index in [0.717, 1.165) is 5.56 Å². The van der Waals surface area contributed by atoms with E-state index < -0.39 is 0 Å². The first-order chi connectivity index (χ1) is 13.0. The Hall–Kier alpha value is -3.26. The fourth-order valence-electron chi connectivity index (χ4n) is 2.44. The second kappa shape index (κ2) is 8.41. The van der Waals surface area contributed by atoms with Crippen LogP contribution in [0.25, 0.3) is 11.5 Å². The van der Waals surface area contributed by atoms with Crippen molar-refractivity contribution >= 4 is 11.6 Å². The summed E-state index contributed by atoms with van der Waals surface area (Å²) in [6.45, 7) is 2.33. The molecule has 0 spiro atoms. The summed E-state index contributed by atoms with van der Waals surface area (Å²) < 4.78 is 11.5. The Morgan fingerprint density at radius 2 is 2.00 bits per heavy atom. The maximum atomic E-state index is 12.3. The number of carbonyl (C=O) groups is 1. The predicted molar refractivity (Wildman–Crippen MR) is 99.4 cm³/mol. The molecule has 0 atom stereocenters. The van der Waals surface area contributed by atoms with E-state index in [1.54, 1.807) is 13.2 Å². The smallest absolute Gasteiger partial charge is 0.259 e. The van der Waals surface area contributed by atoms with E-state index in [2.05, 4.69) is 15.5 Å². The molecule has 0 aliphatic carbocycles. The zero-order valence-corrected chi connectivity index (χ0v) is 15.1. The predicted octanol–water partition coefficient (Wildman–Crippen LogP) is 2.03. The maximum absolute atomic E-state index is 12.3. The van der Waals surface area contributed by atoms with Crippen molar-refractivity contribution in [3.05, 3.63) is 64.3 Å². The Kier molecular flexibility index (Phi) is 5.77. The van der Waals surface area contributed by atoms with Crippen molar-refractivity contribution in [3.63, 3.8) is 0 Å². The van der Waals surface area contributed by atoms with E-state index in [0.29, 0.717) is 30.1 Å². The van der Waals surface area contributed by atoms with Crippen LogP contribution >= 0.6 is 0 Å². The van der Waals surface area contributed by atoms with Crippen LogP contribution in [-0.2, 0) is 22.5 Å². The monoisotopic (exact) mass is 368 g/mol. The molecule has 0 unspecified atom stereocenters. The molecule has 0 saturated carbocycles. The molecule has 140 valence electrons. The summed E-state index contributed by atoms with van der Waals surface area (Å²) >= 11 is 0. The van der Waals surface area contributed by atoms with Crippen LogP contribution in [0.15, 0.2) is 51.9 Å². The van der Waals surface area contributed by atoms with E-state index in [9.17, 15) is 9.59 Å². The molecule has 2 heterocycles. The molecule has 1 N–H and O–H groups in total. The summed E-state index contributed by atoms with van der Waals surface area (Å²) in [5, 5.41) is 6.64. The number of aryl methyl sites for hydroxylation is 1. The fourth-order valence-corrected chi connectivity index (χ4v) is 2.44. The topological polar surface area (TPSA) is 99.3 Å². The molecule has 27 heavy (non-hydrogen) atoms. The van der Waals surface area contributed by atoms with Gasteiger partial charge in [0.2, 0.25) is 5.91 Å². The highest BCUT2D eigenvalue weighted by atomic mass is 16.5. The molecule has 1 amide bonds. The quantitative estimate of drug-likeness (QED) is 0.685. The number of methoxy groups -OCH3 is 1. The number of amides is 1. The lowest BCUT2D eigenvalue weighted by molar-refractivity contribution is -0.116. The molecule has 2 aromatic heterocycles. The van der Waals surface area contributed by atoms with Crippen LogP contribution in [0.1, 0.15) is 11.4 Å². The Bertz CT molecular complexity index is 976. The zero-order chi connectivity index (χ0) is 19.2. The molecule has 3 rings (SSSR count). The standard InChI is InChI=1S/C19H20N4O4/c1-13-3-6-15(7-4-13)20-17(24)12-23-11-14(5-8-18(23)25)19-21-16(22-27-19)9-10-26-2/h3-8,11H,9-10,12H2,1-2H3,(H,20,24). The third-order valence-corrected chi connectivity index (χ3v) is 3.88. The largest absolute Gasteiger partial charge is 0.384 e. The summed E-state index contributed by atoms with van der Waals surface area (Å²) in [6, 6.07) is 10.4. The lowest BCUT2D eigenvalue weighted by atomic mass is 10.2. The van der Waals surface area contributed by atoms with E-state index in [-0.39, 0.29) is 23.9 Å². The van der Waals surface area contributed by atoms with Gasteiger partial charge in [0.25, 0.3) is 11.4 Å². The summed E-state index contributed by atoms with van der Waals surface area (Å²) in [7, 11) is 1.60. The molecule has 0 bridgehead atoms. The van der Waals surface area contributed by atoms with E-state index >= 15 is 0 Å². The van der Waals surface area contributed by atoms with Gasteiger partial charge in [-0.1, -0.05) is 22.9 Å². The number of ether oxygens (including phenoxy) is 1. The highest BCUT2D eigenvalue weighted by molar-refractivity contribution is 5.90. The molecule has 0 saturated heterocycles. The Morgan fingerprint density at radius 3 is 2.74 bits per heavy atom. The Morgan fingerprint density at radius 1 is 1.22 bits per heavy atom. The summed E-state index contributed by atoms with van der Waals surface area (Å²) in [5.41, 5.74) is 2.04. The van der Waals surface area contributed by atoms with E-state index in [1.807, 2.05) is 31.2 Å². The number of nitrogens with one attached hydrogen (secondary N) is 1. The van der Waals surface area contributed by atoms with Gasteiger partial charge in [-0.2, -0.15) is 4.98 Å². The first-order valence-electron chi connectivity index (χ1n) is 8.44. The zero-order valence-electron chi connectivity index (χ0n) is 15.1. The fraction of sp³-hybridized carbons (Fsp3) is 0.263. The molecule has 3 aromatic rings. The third-order valence-electron chi connectivity index (χ3n) is 3.88. The van der Waals surface area contributed by atoms with Crippen LogP contribution in [0.4, 0.5) is 5.69 Å². The number of pyridine rings is 1. The third kappa shape index (κ3) is 4.89. The number of carbonyl (C=O) groups excluding carboxylic acids is 1. The van der Waals surface area contributed by atoms with Gasteiger partial charge in [0.1, 0.15) is 6.54 Å². The lowest BCUT2D eigenvalue weighted by Crippen LogP contribution is -2.26. The van der Waals surface area contributed by atoms with Gasteiger partial charge in [0, 0.05) is 31.5 Å². The van der Waals surface area contributed by atoms with Crippen LogP contribution < -0.4 is 10.9 Å². The maximum Gasteiger partial charge on any atom is 0.259 e. The van der Waals surface area contributed by atoms with Crippen LogP contribution in [0, 0.1) is 6.92 Å². The van der Waals surface area contributed by atoms with Gasteiger partial charge in [-0.15, -0.1) is 0 Å². The summed E-state index contributed by atoms with van der Waals surface area (Å²) in [6.07, 6.45) is 2.06. The summed E-state index contributed by atoms with van der Waals surface area (Å²) in [4.78, 5) is 28.6. The van der Waals surface area contributed by atoms with Gasteiger partial charge < -0.3 is 19.1 Å². The Balaban J connectivity index is 1.73. The van der Waals surface area contributed by atoms with Gasteiger partial charge >= 0.3 is 0 Å². The molecule has 0 aliphatic rings. The summed E-state index contributed by atoms with van der Waals surface area (Å²) in [5.74, 6) is 0.500. The van der Waals surface area contributed by atoms with Gasteiger partial charge in [-0.25, -0.2) is 0 Å². The Labute approximate surface area is 155 Å². The van der Waals surface area contributed by atoms with Crippen molar-refractivity contribution in [3.8, 4) is 11.5 Å². The number of nitrogens with zero attached hydrogens (tertiary/aromatic N) is 3. The van der Waals surface area contributed by atoms with Crippen LogP contribution in [0.5, 0.6) is 0 Å². The lowest BCUT2D eigenvalue weighted by Gasteiger charge is -2.08. The minimum absolute atomic E-state index is 0.120. The van der Waals surface area contributed by atoms with Crippen molar-refractivity contribution in [1.29, 1.82) is 0 Å². The van der Waals surface area contributed by atoms with Crippen molar-refractivity contribution < 1.29 is 14.1 Å². The molecule has 0 fully saturated rings. The normalized spacial score (nSPS) is 10.7. The molecular weight excluding hydrogens is 348 g/mol. The van der Waals surface area contributed by atoms with Gasteiger partial charge in [0.15, 0.2) is 5.82 Å². The van der Waals surface area contributed by atoms with Crippen LogP contribution in [0.3, 0.4) is 0 Å². The number of hydrogen-bond donors (Lipinski definition) is 1. The van der Waals surface area contributed by atoms with Crippen molar-refractivity contribution in [2.75, 3.05) is 19.0 Å². The molecular formula is C19H20N4O4. The minimum Gasteiger partial charge on any atom is -0.384 e. The molecule has 1 aromatic carbocycles. The van der Waals surface area contributed by atoms with Crippen molar-refractivity contribution in [1.82, 2.24) is 14.7 Å². The van der Waals surface area contributed by atoms with Gasteiger partial charge in [-0.3, -0.25) is 9.59 Å². The highest BCUT2D eigenvalue weighted by Gasteiger charge is 2.12. The average molecular weight is 368 g/mol. The van der Waals surface area contributed by atoms with Gasteiger partial charge in [0.05, 0.1) is 12.2 Å². The molecule has 0 aliphatic heterocycles. The van der Waals surface area contributed by atoms with Crippen LogP contribution in [-0.4, -0.2) is 34.3 Å². The molecule has 8 heteroatoms. The van der Waals surface area contributed by atoms with Crippen molar-refractivity contribution in [2.45, 2.75) is 19.9 Å². The van der Waals surface area contributed by atoms with Crippen LogP contribution in [0.2, 0.25) is 0 Å². The number of rotatable bonds is 7. The number of hydrogen-bond acceptors (Lipinski definition) is 6. The molecule has 8 nitrogen and oxygen atoms in total. The minimum atomic E-state index is -0.301. The van der Waals surface area contributed by atoms with Crippen molar-refractivity contribution in [2.24, 2.45) is 0 Å². The van der Waals surface area contributed by atoms with Gasteiger partial charge in [-0.05, 0) is 25.1 Å².